The van der Waals surface area contributed by atoms with Gasteiger partial charge in [-0.05, 0) is 77.2 Å². The van der Waals surface area contributed by atoms with Crippen molar-refractivity contribution in [3.8, 4) is 5.69 Å². The standard InChI is InChI=1S/C21H15F3N6O3S/c22-21(23,24)15-2-1-3-17(12-15)27-34(32,33)19-10-6-16(7-11-19)26-20(31)14-4-8-18(9-5-14)30-13-25-28-29-30/h1-13,27H,(H,26,31). The Morgan fingerprint density at radius 3 is 2.24 bits per heavy atom. The average Bonchev–Trinajstić information content (AvgIpc) is 3.34. The molecule has 1 aromatic heterocycles. The third-order valence-electron chi connectivity index (χ3n) is 4.61. The van der Waals surface area contributed by atoms with Gasteiger partial charge in [-0.15, -0.1) is 5.10 Å². The van der Waals surface area contributed by atoms with Crippen molar-refractivity contribution in [1.29, 1.82) is 0 Å². The summed E-state index contributed by atoms with van der Waals surface area (Å²) in [6, 6.07) is 15.5. The van der Waals surface area contributed by atoms with Crippen LogP contribution >= 0.6 is 0 Å². The maximum atomic E-state index is 12.9. The molecule has 0 saturated heterocycles. The molecule has 1 amide bonds. The summed E-state index contributed by atoms with van der Waals surface area (Å²) in [5, 5.41) is 13.5. The summed E-state index contributed by atoms with van der Waals surface area (Å²) in [6.45, 7) is 0. The molecule has 4 rings (SSSR count). The van der Waals surface area contributed by atoms with E-state index in [9.17, 15) is 26.4 Å². The molecule has 0 fully saturated rings. The van der Waals surface area contributed by atoms with Crippen molar-refractivity contribution in [1.82, 2.24) is 20.2 Å². The van der Waals surface area contributed by atoms with Crippen molar-refractivity contribution in [3.05, 3.63) is 90.3 Å². The van der Waals surface area contributed by atoms with Crippen molar-refractivity contribution >= 4 is 27.3 Å². The second kappa shape index (κ2) is 8.94. The predicted octanol–water partition coefficient (Wildman–Crippen LogP) is 3.73. The number of hydrogen-bond acceptors (Lipinski definition) is 6. The van der Waals surface area contributed by atoms with Crippen LogP contribution in [0.15, 0.2) is 84.0 Å². The first-order valence-electron chi connectivity index (χ1n) is 9.57. The normalized spacial score (nSPS) is 11.7. The summed E-state index contributed by atoms with van der Waals surface area (Å²) in [4.78, 5) is 12.3. The minimum absolute atomic E-state index is 0.186. The number of sulfonamides is 1. The summed E-state index contributed by atoms with van der Waals surface area (Å²) in [7, 11) is -4.15. The highest BCUT2D eigenvalue weighted by molar-refractivity contribution is 7.92. The molecule has 0 saturated carbocycles. The Labute approximate surface area is 191 Å². The van der Waals surface area contributed by atoms with E-state index in [1.807, 2.05) is 0 Å². The Kier molecular flexibility index (Phi) is 6.03. The lowest BCUT2D eigenvalue weighted by atomic mass is 10.2. The van der Waals surface area contributed by atoms with E-state index in [4.69, 9.17) is 0 Å². The Morgan fingerprint density at radius 1 is 0.912 bits per heavy atom. The third-order valence-corrected chi connectivity index (χ3v) is 6.00. The number of amides is 1. The molecule has 0 spiro atoms. The van der Waals surface area contributed by atoms with E-state index in [1.54, 1.807) is 24.3 Å². The van der Waals surface area contributed by atoms with Crippen LogP contribution in [0.5, 0.6) is 0 Å². The quantitative estimate of drug-likeness (QED) is 0.427. The van der Waals surface area contributed by atoms with E-state index in [2.05, 4.69) is 25.6 Å². The summed E-state index contributed by atoms with van der Waals surface area (Å²) < 4.78 is 67.2. The van der Waals surface area contributed by atoms with Gasteiger partial charge in [0.2, 0.25) is 0 Å². The topological polar surface area (TPSA) is 119 Å². The molecule has 9 nitrogen and oxygen atoms in total. The van der Waals surface area contributed by atoms with Crippen LogP contribution in [0, 0.1) is 0 Å². The number of rotatable bonds is 6. The fourth-order valence-corrected chi connectivity index (χ4v) is 3.99. The summed E-state index contributed by atoms with van der Waals surface area (Å²) in [6.07, 6.45) is -3.19. The lowest BCUT2D eigenvalue weighted by Gasteiger charge is -2.12. The van der Waals surface area contributed by atoms with Crippen LogP contribution in [-0.2, 0) is 16.2 Å². The number of alkyl halides is 3. The van der Waals surface area contributed by atoms with Gasteiger partial charge < -0.3 is 5.32 Å². The number of benzene rings is 3. The zero-order valence-electron chi connectivity index (χ0n) is 17.1. The lowest BCUT2D eigenvalue weighted by molar-refractivity contribution is -0.137. The van der Waals surface area contributed by atoms with E-state index < -0.39 is 27.7 Å². The van der Waals surface area contributed by atoms with E-state index >= 15 is 0 Å². The predicted molar refractivity (Wildman–Crippen MR) is 116 cm³/mol. The van der Waals surface area contributed by atoms with Crippen LogP contribution in [0.1, 0.15) is 15.9 Å². The van der Waals surface area contributed by atoms with Gasteiger partial charge in [0.15, 0.2) is 0 Å². The van der Waals surface area contributed by atoms with Crippen molar-refractivity contribution in [2.75, 3.05) is 10.0 Å². The Balaban J connectivity index is 1.44. The van der Waals surface area contributed by atoms with Gasteiger partial charge in [0.05, 0.1) is 16.1 Å². The van der Waals surface area contributed by atoms with Gasteiger partial charge in [-0.1, -0.05) is 6.07 Å². The number of halogens is 3. The van der Waals surface area contributed by atoms with Gasteiger partial charge in [0, 0.05) is 16.9 Å². The molecule has 0 atom stereocenters. The molecular formula is C21H15F3N6O3S. The number of tetrazole rings is 1. The van der Waals surface area contributed by atoms with Gasteiger partial charge in [-0.25, -0.2) is 13.1 Å². The maximum Gasteiger partial charge on any atom is 0.416 e. The van der Waals surface area contributed by atoms with Crippen LogP contribution in [-0.4, -0.2) is 34.5 Å². The molecule has 13 heteroatoms. The SMILES string of the molecule is O=C(Nc1ccc(S(=O)(=O)Nc2cccc(C(F)(F)F)c2)cc1)c1ccc(-n2cnnn2)cc1. The molecule has 0 radical (unpaired) electrons. The number of anilines is 2. The molecule has 0 aliphatic heterocycles. The lowest BCUT2D eigenvalue weighted by Crippen LogP contribution is -2.15. The number of carbonyl (C=O) groups is 1. The van der Waals surface area contributed by atoms with Crippen molar-refractivity contribution in [2.45, 2.75) is 11.1 Å². The highest BCUT2D eigenvalue weighted by Gasteiger charge is 2.30. The molecule has 0 unspecified atom stereocenters. The van der Waals surface area contributed by atoms with Gasteiger partial charge in [0.25, 0.3) is 15.9 Å². The fraction of sp³-hybridized carbons (Fsp3) is 0.0476. The van der Waals surface area contributed by atoms with E-state index in [1.165, 1.54) is 41.3 Å². The molecule has 174 valence electrons. The molecule has 0 aliphatic rings. The van der Waals surface area contributed by atoms with E-state index in [0.717, 1.165) is 12.1 Å². The summed E-state index contributed by atoms with van der Waals surface area (Å²) in [5.74, 6) is -0.430. The first kappa shape index (κ1) is 22.9. The number of aromatic nitrogens is 4. The summed E-state index contributed by atoms with van der Waals surface area (Å²) >= 11 is 0. The van der Waals surface area contributed by atoms with Crippen LogP contribution in [0.4, 0.5) is 24.5 Å². The zero-order valence-corrected chi connectivity index (χ0v) is 17.9. The van der Waals surface area contributed by atoms with Crippen LogP contribution < -0.4 is 10.0 Å². The van der Waals surface area contributed by atoms with Crippen LogP contribution in [0.2, 0.25) is 0 Å². The van der Waals surface area contributed by atoms with Gasteiger partial charge >= 0.3 is 6.18 Å². The van der Waals surface area contributed by atoms with Crippen LogP contribution in [0.3, 0.4) is 0 Å². The minimum Gasteiger partial charge on any atom is -0.322 e. The average molecular weight is 488 g/mol. The molecule has 3 aromatic carbocycles. The first-order chi connectivity index (χ1) is 16.1. The molecule has 2 N–H and O–H groups in total. The zero-order chi connectivity index (χ0) is 24.3. The molecule has 4 aromatic rings. The van der Waals surface area contributed by atoms with Crippen molar-refractivity contribution in [2.24, 2.45) is 0 Å². The second-order valence-electron chi connectivity index (χ2n) is 6.96. The van der Waals surface area contributed by atoms with Gasteiger partial charge in [-0.3, -0.25) is 9.52 Å². The molecule has 1 heterocycles. The highest BCUT2D eigenvalue weighted by Crippen LogP contribution is 2.31. The van der Waals surface area contributed by atoms with Crippen LogP contribution in [0.25, 0.3) is 5.69 Å². The number of hydrogen-bond donors (Lipinski definition) is 2. The molecule has 34 heavy (non-hydrogen) atoms. The Bertz CT molecular complexity index is 1410. The van der Waals surface area contributed by atoms with Crippen molar-refractivity contribution in [3.63, 3.8) is 0 Å². The number of nitrogens with one attached hydrogen (secondary N) is 2. The summed E-state index contributed by atoms with van der Waals surface area (Å²) in [5.41, 5.74) is 0.130. The third kappa shape index (κ3) is 5.20. The number of nitrogens with zero attached hydrogens (tertiary/aromatic N) is 4. The first-order valence-corrected chi connectivity index (χ1v) is 11.0. The van der Waals surface area contributed by atoms with Crippen molar-refractivity contribution < 1.29 is 26.4 Å². The highest BCUT2D eigenvalue weighted by atomic mass is 32.2. The van der Waals surface area contributed by atoms with E-state index in [-0.39, 0.29) is 10.6 Å². The molecular weight excluding hydrogens is 473 g/mol. The fourth-order valence-electron chi connectivity index (χ4n) is 2.94. The monoisotopic (exact) mass is 488 g/mol. The smallest absolute Gasteiger partial charge is 0.322 e. The van der Waals surface area contributed by atoms with Gasteiger partial charge in [0.1, 0.15) is 6.33 Å². The Morgan fingerprint density at radius 2 is 1.62 bits per heavy atom. The molecule has 0 bridgehead atoms. The minimum atomic E-state index is -4.60. The van der Waals surface area contributed by atoms with Gasteiger partial charge in [-0.2, -0.15) is 13.2 Å². The largest absolute Gasteiger partial charge is 0.416 e. The second-order valence-corrected chi connectivity index (χ2v) is 8.65. The van der Waals surface area contributed by atoms with E-state index in [0.29, 0.717) is 23.0 Å². The number of carbonyl (C=O) groups excluding carboxylic acids is 1. The molecule has 0 aliphatic carbocycles. The maximum absolute atomic E-state index is 12.9. The Hall–Kier alpha value is -4.26.